The van der Waals surface area contributed by atoms with E-state index >= 15 is 0 Å². The Kier molecular flexibility index (Phi) is 10.5. The molecule has 7 heteroatoms. The van der Waals surface area contributed by atoms with E-state index in [2.05, 4.69) is 225 Å². The zero-order valence-electron chi connectivity index (χ0n) is 70.6. The van der Waals surface area contributed by atoms with E-state index in [1.54, 1.807) is 16.7 Å². The lowest BCUT2D eigenvalue weighted by Gasteiger charge is -2.46. The highest BCUT2D eigenvalue weighted by Gasteiger charge is 2.49. The number of para-hydroxylation sites is 5. The molecule has 15 aromatic carbocycles. The number of nitrogens with zero attached hydrogens (tertiary/aromatic N) is 4. The smallest absolute Gasteiger partial charge is 0.256 e. The van der Waals surface area contributed by atoms with Crippen molar-refractivity contribution in [2.24, 2.45) is 0 Å². The molecule has 4 aliphatic heterocycles. The van der Waals surface area contributed by atoms with Crippen molar-refractivity contribution in [2.45, 2.75) is 45.4 Å². The van der Waals surface area contributed by atoms with E-state index in [1.807, 2.05) is 66.7 Å². The summed E-state index contributed by atoms with van der Waals surface area (Å²) in [6.07, 6.45) is 0. The zero-order valence-corrected chi connectivity index (χ0v) is 57.6. The van der Waals surface area contributed by atoms with Crippen molar-refractivity contribution in [1.82, 2.24) is 4.57 Å². The molecule has 1 aliphatic carbocycles. The maximum atomic E-state index is 10.0. The second-order valence-corrected chi connectivity index (χ2v) is 29.3. The van der Waals surface area contributed by atoms with Gasteiger partial charge in [-0.2, -0.15) is 0 Å². The van der Waals surface area contributed by atoms with E-state index < -0.39 is 79.9 Å². The summed E-state index contributed by atoms with van der Waals surface area (Å²) in [5, 5.41) is -0.153. The first-order chi connectivity index (χ1) is 56.4. The Morgan fingerprint density at radius 3 is 1.54 bits per heavy atom. The summed E-state index contributed by atoms with van der Waals surface area (Å²) in [6.45, 7) is 10.2. The van der Waals surface area contributed by atoms with Gasteiger partial charge in [0.05, 0.1) is 40.2 Å². The van der Waals surface area contributed by atoms with Crippen LogP contribution in [0.15, 0.2) is 333 Å². The Morgan fingerprint density at radius 2 is 0.875 bits per heavy atom. The fourth-order valence-electron chi connectivity index (χ4n) is 17.7. The summed E-state index contributed by atoms with van der Waals surface area (Å²) in [7, 11) is 0. The van der Waals surface area contributed by atoms with Gasteiger partial charge in [-0.1, -0.05) is 277 Å². The number of benzene rings is 15. The Labute approximate surface area is 626 Å². The monoisotopic (exact) mass is 1340 g/mol. The molecule has 0 N–H and O–H groups in total. The minimum atomic E-state index is -0.629. The lowest BCUT2D eigenvalue weighted by Crippen LogP contribution is -2.64. The predicted molar refractivity (Wildman–Crippen MR) is 439 cm³/mol. The van der Waals surface area contributed by atoms with E-state index in [1.165, 1.54) is 22.3 Å². The van der Waals surface area contributed by atoms with Gasteiger partial charge < -0.3 is 24.0 Å². The van der Waals surface area contributed by atoms with Crippen LogP contribution in [0, 0.1) is 0 Å². The number of rotatable bonds is 8. The number of ether oxygens (including phenoxy) is 1. The van der Waals surface area contributed by atoms with Crippen LogP contribution in [0.3, 0.4) is 0 Å². The van der Waals surface area contributed by atoms with Crippen LogP contribution in [0.4, 0.5) is 51.2 Å². The average molecular weight is 1340 g/mol. The third kappa shape index (κ3) is 8.89. The van der Waals surface area contributed by atoms with E-state index in [9.17, 15) is 13.7 Å². The van der Waals surface area contributed by atoms with Crippen molar-refractivity contribution < 1.29 is 22.6 Å². The Bertz CT molecular complexity index is 6910. The largest absolute Gasteiger partial charge is 0.458 e. The number of hydrogen-bond donors (Lipinski definition) is 0. The highest BCUT2D eigenvalue weighted by Crippen LogP contribution is 2.56. The molecule has 0 bridgehead atoms. The number of fused-ring (bicyclic) bond motifs is 14. The summed E-state index contributed by atoms with van der Waals surface area (Å²) < 4.78 is 131. The summed E-state index contributed by atoms with van der Waals surface area (Å²) >= 11 is 0. The van der Waals surface area contributed by atoms with Gasteiger partial charge in [0.2, 0.25) is 0 Å². The minimum Gasteiger partial charge on any atom is -0.458 e. The van der Waals surface area contributed by atoms with Gasteiger partial charge in [0.15, 0.2) is 0 Å². The molecule has 104 heavy (non-hydrogen) atoms. The molecule has 0 amide bonds. The van der Waals surface area contributed by atoms with Crippen LogP contribution in [-0.4, -0.2) is 18.0 Å². The molecule has 0 fully saturated rings. The number of anilines is 9. The molecule has 0 spiro atoms. The molecule has 0 saturated carbocycles. The molecular formula is C97H70B2N4O. The standard InChI is InChI=1S/C97H70B2N4O/c1-96(2,3)66-55-75(63-31-12-7-13-32-63)95(76(56-66)64-33-14-8-15-34-64)103-85-48-27-23-44-79(85)98-80-59-81-90(60-86(80)101(68-51-49-62(50-52-68)61-29-10-6-11-30-61)88-57-69(58-89(103)93(88)98)102-82-45-24-19-38-72(82)73-39-20-25-46-83(73)102)104-91-54-65(70-40-28-41-74-71-37-18-21-42-77(71)97(4,5)92(70)74)53-87-94(91)99(81)78-43-22-26-47-84(78)100(87)67-35-16-9-17-36-67/h6-60H,1-5H3/i6D,10D,11D,19D,20D,24D,25D,29D,30D,38D,39D,45D,46D. The van der Waals surface area contributed by atoms with Crippen LogP contribution in [0.25, 0.3) is 83.1 Å². The van der Waals surface area contributed by atoms with Crippen LogP contribution >= 0.6 is 0 Å². The highest BCUT2D eigenvalue weighted by atomic mass is 16.5. The maximum Gasteiger partial charge on any atom is 0.256 e. The lowest BCUT2D eigenvalue weighted by atomic mass is 9.30. The molecule has 490 valence electrons. The first-order valence-electron chi connectivity index (χ1n) is 42.0. The molecule has 0 unspecified atom stereocenters. The van der Waals surface area contributed by atoms with Crippen LogP contribution in [-0.2, 0) is 10.8 Å². The van der Waals surface area contributed by atoms with Gasteiger partial charge in [-0.3, -0.25) is 0 Å². The first-order valence-corrected chi connectivity index (χ1v) is 35.5. The summed E-state index contributed by atoms with van der Waals surface area (Å²) in [5.41, 5.74) is 24.1. The average Bonchev–Trinajstić information content (AvgIpc) is 1.66. The van der Waals surface area contributed by atoms with Crippen molar-refractivity contribution in [3.8, 4) is 72.8 Å². The van der Waals surface area contributed by atoms with Crippen molar-refractivity contribution >= 4 is 119 Å². The SMILES string of the molecule is [2H]c1c([2H])c([2H])c(-c2ccc(N3c4cc5c(cc4B4c6ccccc6N(c6c(-c7ccccc7)cc(C(C)(C)C)cc6-c6ccccc6)c6cc(-n7c8c([2H])c([2H])c([2H])c([2H])c8c8c([2H])c([2H])c([2H])c([2H])c87)cc3c64)B3c4ccccc4N(c4ccccc4)c4cc(-c6cccc7c6C(C)(C)c6ccccc6-7)cc(c43)O5)cc2)c([2H])c1[2H]. The molecule has 5 aliphatic rings. The van der Waals surface area contributed by atoms with Crippen molar-refractivity contribution in [2.75, 3.05) is 14.7 Å². The number of hydrogen-bond acceptors (Lipinski definition) is 4. The van der Waals surface area contributed by atoms with Crippen molar-refractivity contribution in [1.29, 1.82) is 0 Å². The minimum absolute atomic E-state index is 0.0201. The molecule has 0 saturated heterocycles. The second kappa shape index (κ2) is 22.7. The number of aromatic nitrogens is 1. The van der Waals surface area contributed by atoms with Gasteiger partial charge in [0.25, 0.3) is 13.4 Å². The van der Waals surface area contributed by atoms with Crippen molar-refractivity contribution in [3.05, 3.63) is 350 Å². The summed E-state index contributed by atoms with van der Waals surface area (Å²) in [5.74, 6) is 1.24. The van der Waals surface area contributed by atoms with Crippen molar-refractivity contribution in [3.63, 3.8) is 0 Å². The van der Waals surface area contributed by atoms with Gasteiger partial charge in [-0.25, -0.2) is 0 Å². The molecule has 21 rings (SSSR count). The van der Waals surface area contributed by atoms with E-state index in [4.69, 9.17) is 8.85 Å². The predicted octanol–water partition coefficient (Wildman–Crippen LogP) is 21.5. The van der Waals surface area contributed by atoms with E-state index in [0.29, 0.717) is 45.5 Å². The Balaban J connectivity index is 0.909. The molecule has 0 atom stereocenters. The van der Waals surface area contributed by atoms with Gasteiger partial charge in [0.1, 0.15) is 11.5 Å². The van der Waals surface area contributed by atoms with Gasteiger partial charge in [-0.05, 0) is 184 Å². The van der Waals surface area contributed by atoms with Gasteiger partial charge in [-0.15, -0.1) is 0 Å². The van der Waals surface area contributed by atoms with E-state index in [0.717, 1.165) is 100 Å². The summed E-state index contributed by atoms with van der Waals surface area (Å²) in [6, 6.07) is 82.3. The molecule has 5 nitrogen and oxygen atoms in total. The quantitative estimate of drug-likeness (QED) is 0.142. The normalized spacial score (nSPS) is 15.6. The topological polar surface area (TPSA) is 23.9 Å². The second-order valence-electron chi connectivity index (χ2n) is 29.3. The lowest BCUT2D eigenvalue weighted by molar-refractivity contribution is 0.488. The van der Waals surface area contributed by atoms with Crippen LogP contribution < -0.4 is 52.2 Å². The van der Waals surface area contributed by atoms with Crippen LogP contribution in [0.5, 0.6) is 11.5 Å². The molecule has 0 radical (unpaired) electrons. The van der Waals surface area contributed by atoms with Crippen LogP contribution in [0.2, 0.25) is 0 Å². The molecule has 16 aromatic rings. The molecular weight excluding hydrogens is 1260 g/mol. The fourth-order valence-corrected chi connectivity index (χ4v) is 17.7. The highest BCUT2D eigenvalue weighted by molar-refractivity contribution is 7.02. The third-order valence-corrected chi connectivity index (χ3v) is 22.2. The maximum absolute atomic E-state index is 10.0. The first kappa shape index (κ1) is 48.3. The van der Waals surface area contributed by atoms with Gasteiger partial charge in [0, 0.05) is 78.9 Å². The Hall–Kier alpha value is -12.6. The molecule has 1 aromatic heterocycles. The van der Waals surface area contributed by atoms with Gasteiger partial charge >= 0.3 is 0 Å². The van der Waals surface area contributed by atoms with E-state index in [-0.39, 0.29) is 50.3 Å². The summed E-state index contributed by atoms with van der Waals surface area (Å²) in [4.78, 5) is 6.86. The Morgan fingerprint density at radius 1 is 0.346 bits per heavy atom. The zero-order chi connectivity index (χ0) is 80.6. The fraction of sp³-hybridized carbons (Fsp3) is 0.0722. The van der Waals surface area contributed by atoms with Crippen LogP contribution in [0.1, 0.15) is 69.1 Å². The third-order valence-electron chi connectivity index (χ3n) is 22.2. The molecule has 5 heterocycles.